The fourth-order valence-electron chi connectivity index (χ4n) is 3.74. The molecule has 0 unspecified atom stereocenters. The van der Waals surface area contributed by atoms with Crippen LogP contribution in [0.3, 0.4) is 0 Å². The summed E-state index contributed by atoms with van der Waals surface area (Å²) in [7, 11) is -3.76. The van der Waals surface area contributed by atoms with Gasteiger partial charge in [0.1, 0.15) is 0 Å². The van der Waals surface area contributed by atoms with Crippen LogP contribution in [0.2, 0.25) is 5.02 Å². The summed E-state index contributed by atoms with van der Waals surface area (Å²) < 4.78 is 31.4. The molecular weight excluding hydrogens is 464 g/mol. The fourth-order valence-corrected chi connectivity index (χ4v) is 6.19. The zero-order valence-electron chi connectivity index (χ0n) is 17.7. The predicted octanol–water partition coefficient (Wildman–Crippen LogP) is 5.50. The van der Waals surface area contributed by atoms with Crippen LogP contribution >= 0.6 is 22.9 Å². The Hall–Kier alpha value is -2.45. The summed E-state index contributed by atoms with van der Waals surface area (Å²) in [5.41, 5.74) is 3.65. The Balaban J connectivity index is 1.65. The van der Waals surface area contributed by atoms with Crippen molar-refractivity contribution in [1.29, 1.82) is 0 Å². The van der Waals surface area contributed by atoms with Gasteiger partial charge < -0.3 is 0 Å². The first-order valence-electron chi connectivity index (χ1n) is 10.2. The van der Waals surface area contributed by atoms with Crippen LogP contribution in [0.4, 0.5) is 0 Å². The van der Waals surface area contributed by atoms with Gasteiger partial charge in [0.2, 0.25) is 10.0 Å². The highest BCUT2D eigenvalue weighted by Gasteiger charge is 2.22. The summed E-state index contributed by atoms with van der Waals surface area (Å²) in [5.74, 6) is 0. The van der Waals surface area contributed by atoms with E-state index in [1.165, 1.54) is 0 Å². The van der Waals surface area contributed by atoms with E-state index < -0.39 is 10.0 Å². The second-order valence-electron chi connectivity index (χ2n) is 7.65. The molecule has 0 saturated heterocycles. The Kier molecular flexibility index (Phi) is 6.53. The van der Waals surface area contributed by atoms with E-state index in [9.17, 15) is 13.2 Å². The van der Waals surface area contributed by atoms with Gasteiger partial charge in [0.15, 0.2) is 0 Å². The van der Waals surface area contributed by atoms with Crippen molar-refractivity contribution in [3.05, 3.63) is 98.1 Å². The molecule has 8 heteroatoms. The van der Waals surface area contributed by atoms with Crippen molar-refractivity contribution >= 4 is 43.2 Å². The van der Waals surface area contributed by atoms with Gasteiger partial charge in [-0.2, -0.15) is 0 Å². The Labute approximate surface area is 196 Å². The summed E-state index contributed by atoms with van der Waals surface area (Å²) in [6.07, 6.45) is 0.622. The third-order valence-electron chi connectivity index (χ3n) is 5.47. The number of thiazole rings is 1. The number of hydrogen-bond acceptors (Lipinski definition) is 4. The van der Waals surface area contributed by atoms with Crippen LogP contribution in [0.1, 0.15) is 36.1 Å². The molecule has 3 aromatic carbocycles. The van der Waals surface area contributed by atoms with E-state index in [1.807, 2.05) is 50.2 Å². The molecule has 1 aromatic heterocycles. The topological polar surface area (TPSA) is 68.2 Å². The number of aromatic nitrogens is 1. The van der Waals surface area contributed by atoms with Gasteiger partial charge in [0.25, 0.3) is 0 Å². The van der Waals surface area contributed by atoms with E-state index in [4.69, 9.17) is 11.6 Å². The molecule has 1 heterocycles. The Morgan fingerprint density at radius 1 is 1.06 bits per heavy atom. The second-order valence-corrected chi connectivity index (χ2v) is 10.8. The van der Waals surface area contributed by atoms with Gasteiger partial charge in [-0.05, 0) is 60.4 Å². The minimum Gasteiger partial charge on any atom is -0.294 e. The Morgan fingerprint density at radius 3 is 2.47 bits per heavy atom. The smallest absolute Gasteiger partial charge is 0.294 e. The van der Waals surface area contributed by atoms with Crippen LogP contribution in [-0.4, -0.2) is 13.0 Å². The highest BCUT2D eigenvalue weighted by atomic mass is 35.5. The molecule has 0 aliphatic carbocycles. The van der Waals surface area contributed by atoms with Gasteiger partial charge in [0.05, 0.1) is 21.7 Å². The van der Waals surface area contributed by atoms with E-state index in [1.54, 1.807) is 34.9 Å². The lowest BCUT2D eigenvalue weighted by Crippen LogP contribution is -2.28. The maximum atomic E-state index is 13.1. The third kappa shape index (κ3) is 4.66. The average Bonchev–Trinajstić information content (AvgIpc) is 3.08. The first-order valence-corrected chi connectivity index (χ1v) is 12.9. The summed E-state index contributed by atoms with van der Waals surface area (Å²) >= 11 is 6.99. The molecule has 32 heavy (non-hydrogen) atoms. The van der Waals surface area contributed by atoms with Crippen LogP contribution < -0.4 is 9.60 Å². The zero-order chi connectivity index (χ0) is 22.9. The number of halogens is 1. The molecule has 1 N–H and O–H groups in total. The largest absolute Gasteiger partial charge is 0.308 e. The lowest BCUT2D eigenvalue weighted by atomic mass is 10.0. The number of fused-ring (bicyclic) bond motifs is 1. The van der Waals surface area contributed by atoms with Gasteiger partial charge in [-0.15, -0.1) is 0 Å². The Bertz CT molecular complexity index is 1420. The molecule has 0 spiro atoms. The van der Waals surface area contributed by atoms with Crippen molar-refractivity contribution in [2.45, 2.75) is 37.8 Å². The van der Waals surface area contributed by atoms with Crippen molar-refractivity contribution in [3.63, 3.8) is 0 Å². The van der Waals surface area contributed by atoms with E-state index in [2.05, 4.69) is 4.72 Å². The number of hydrogen-bond donors (Lipinski definition) is 1. The van der Waals surface area contributed by atoms with Gasteiger partial charge >= 0.3 is 4.87 Å². The third-order valence-corrected chi connectivity index (χ3v) is 8.14. The van der Waals surface area contributed by atoms with E-state index >= 15 is 0 Å². The number of benzene rings is 3. The van der Waals surface area contributed by atoms with Gasteiger partial charge in [-0.1, -0.05) is 66.3 Å². The molecule has 0 bridgehead atoms. The number of rotatable bonds is 7. The highest BCUT2D eigenvalue weighted by molar-refractivity contribution is 7.89. The van der Waals surface area contributed by atoms with Crippen LogP contribution in [0.15, 0.2) is 76.4 Å². The molecule has 0 aliphatic heterocycles. The van der Waals surface area contributed by atoms with Gasteiger partial charge in [0, 0.05) is 11.1 Å². The molecule has 0 saturated carbocycles. The highest BCUT2D eigenvalue weighted by Crippen LogP contribution is 2.26. The molecular formula is C24H23ClN2O3S2. The van der Waals surface area contributed by atoms with Crippen LogP contribution in [0.5, 0.6) is 0 Å². The Morgan fingerprint density at radius 2 is 1.78 bits per heavy atom. The quantitative estimate of drug-likeness (QED) is 0.375. The molecule has 0 aliphatic rings. The van der Waals surface area contributed by atoms with Crippen LogP contribution in [0, 0.1) is 6.92 Å². The predicted molar refractivity (Wildman–Crippen MR) is 131 cm³/mol. The normalized spacial score (nSPS) is 12.8. The first-order chi connectivity index (χ1) is 15.3. The molecule has 4 rings (SSSR count). The van der Waals surface area contributed by atoms with Gasteiger partial charge in [-0.25, -0.2) is 13.1 Å². The molecule has 5 nitrogen and oxygen atoms in total. The van der Waals surface area contributed by atoms with Gasteiger partial charge in [-0.3, -0.25) is 9.36 Å². The summed E-state index contributed by atoms with van der Waals surface area (Å²) in [6.45, 7) is 4.32. The lowest BCUT2D eigenvalue weighted by Gasteiger charge is -2.19. The fraction of sp³-hybridized carbons (Fsp3) is 0.208. The maximum Gasteiger partial charge on any atom is 0.308 e. The molecule has 0 radical (unpaired) electrons. The van der Waals surface area contributed by atoms with Crippen molar-refractivity contribution in [1.82, 2.24) is 9.29 Å². The van der Waals surface area contributed by atoms with E-state index in [-0.39, 0.29) is 15.8 Å². The summed E-state index contributed by atoms with van der Waals surface area (Å²) in [5, 5.41) is 0.634. The SMILES string of the molecule is CC[C@H](NS(=O)(=O)c1ccc2c(c1)sc(=O)n2Cc1ccc(Cl)cc1)c1ccccc1C. The van der Waals surface area contributed by atoms with Crippen LogP contribution in [0.25, 0.3) is 10.2 Å². The monoisotopic (exact) mass is 486 g/mol. The summed E-state index contributed by atoms with van der Waals surface area (Å²) in [4.78, 5) is 12.6. The maximum absolute atomic E-state index is 13.1. The standard InChI is InChI=1S/C24H23ClN2O3S2/c1-3-21(20-7-5-4-6-16(20)2)26-32(29,30)19-12-13-22-23(14-19)31-24(28)27(22)15-17-8-10-18(25)11-9-17/h4-14,21,26H,3,15H2,1-2H3/t21-/m0/s1. The molecule has 1 atom stereocenters. The average molecular weight is 487 g/mol. The lowest BCUT2D eigenvalue weighted by molar-refractivity contribution is 0.549. The second kappa shape index (κ2) is 9.19. The number of nitrogens with one attached hydrogen (secondary N) is 1. The number of sulfonamides is 1. The molecule has 4 aromatic rings. The minimum absolute atomic E-state index is 0.135. The molecule has 0 amide bonds. The van der Waals surface area contributed by atoms with E-state index in [0.717, 1.165) is 28.0 Å². The number of nitrogens with zero attached hydrogens (tertiary/aromatic N) is 1. The summed E-state index contributed by atoms with van der Waals surface area (Å²) in [6, 6.07) is 19.6. The molecule has 166 valence electrons. The number of aryl methyl sites for hydroxylation is 1. The minimum atomic E-state index is -3.76. The molecule has 0 fully saturated rings. The van der Waals surface area contributed by atoms with Crippen molar-refractivity contribution < 1.29 is 8.42 Å². The first kappa shape index (κ1) is 22.7. The van der Waals surface area contributed by atoms with Crippen molar-refractivity contribution in [3.8, 4) is 0 Å². The van der Waals surface area contributed by atoms with Crippen molar-refractivity contribution in [2.24, 2.45) is 0 Å². The van der Waals surface area contributed by atoms with Crippen LogP contribution in [-0.2, 0) is 16.6 Å². The van der Waals surface area contributed by atoms with Crippen molar-refractivity contribution in [2.75, 3.05) is 0 Å². The zero-order valence-corrected chi connectivity index (χ0v) is 20.1. The van der Waals surface area contributed by atoms with E-state index in [0.29, 0.717) is 28.2 Å².